The first-order valence-electron chi connectivity index (χ1n) is 5.91. The van der Waals surface area contributed by atoms with Gasteiger partial charge >= 0.3 is 0 Å². The average Bonchev–Trinajstić information content (AvgIpc) is 2.34. The van der Waals surface area contributed by atoms with Crippen LogP contribution in [0.2, 0.25) is 5.28 Å². The number of nitrogens with one attached hydrogen (secondary N) is 1. The fraction of sp³-hybridized carbons (Fsp3) is 0.727. The predicted molar refractivity (Wildman–Crippen MR) is 73.2 cm³/mol. The molecule has 0 aromatic carbocycles. The van der Waals surface area contributed by atoms with Crippen LogP contribution in [0, 0.1) is 0 Å². The summed E-state index contributed by atoms with van der Waals surface area (Å²) in [5.41, 5.74) is -0.466. The van der Waals surface area contributed by atoms with E-state index in [-0.39, 0.29) is 11.9 Å². The number of likely N-dealkylation sites (N-methyl/N-ethyl adjacent to an activating group) is 1. The first kappa shape index (κ1) is 14.9. The third-order valence-corrected chi connectivity index (χ3v) is 2.89. The van der Waals surface area contributed by atoms with Gasteiger partial charge in [0, 0.05) is 13.6 Å². The molecule has 0 saturated heterocycles. The molecular formula is C11H20ClN5O. The minimum absolute atomic E-state index is 0.00940. The van der Waals surface area contributed by atoms with E-state index >= 15 is 0 Å². The molecule has 0 amide bonds. The van der Waals surface area contributed by atoms with Crippen LogP contribution < -0.4 is 10.2 Å². The normalized spacial score (nSPS) is 11.4. The standard InChI is InChI=1S/C11H20ClN5O/c1-5-6-13-9-14-8(12)15-10(16-9)17(4)11(2,3)7-18/h18H,5-7H2,1-4H3,(H,13,14,15,16). The van der Waals surface area contributed by atoms with Crippen molar-refractivity contribution in [3.8, 4) is 0 Å². The van der Waals surface area contributed by atoms with E-state index in [1.165, 1.54) is 0 Å². The lowest BCUT2D eigenvalue weighted by Crippen LogP contribution is -2.45. The molecular weight excluding hydrogens is 254 g/mol. The number of hydrogen-bond donors (Lipinski definition) is 2. The van der Waals surface area contributed by atoms with Gasteiger partial charge in [-0.1, -0.05) is 6.92 Å². The van der Waals surface area contributed by atoms with E-state index in [4.69, 9.17) is 11.6 Å². The Kier molecular flexibility index (Phi) is 5.10. The van der Waals surface area contributed by atoms with Gasteiger partial charge in [0.05, 0.1) is 12.1 Å². The summed E-state index contributed by atoms with van der Waals surface area (Å²) in [6, 6.07) is 0. The summed E-state index contributed by atoms with van der Waals surface area (Å²) < 4.78 is 0. The van der Waals surface area contributed by atoms with Crippen molar-refractivity contribution in [3.05, 3.63) is 5.28 Å². The summed E-state index contributed by atoms with van der Waals surface area (Å²) >= 11 is 5.87. The van der Waals surface area contributed by atoms with Crippen molar-refractivity contribution in [1.82, 2.24) is 15.0 Å². The Morgan fingerprint density at radius 1 is 1.33 bits per heavy atom. The molecule has 0 atom stereocenters. The van der Waals surface area contributed by atoms with Crippen molar-refractivity contribution in [2.75, 3.05) is 30.4 Å². The Hall–Kier alpha value is -1.14. The second kappa shape index (κ2) is 6.15. The third kappa shape index (κ3) is 3.68. The van der Waals surface area contributed by atoms with Crippen LogP contribution in [-0.4, -0.2) is 45.8 Å². The summed E-state index contributed by atoms with van der Waals surface area (Å²) in [4.78, 5) is 14.1. The Bertz CT molecular complexity index is 399. The van der Waals surface area contributed by atoms with Crippen molar-refractivity contribution in [2.24, 2.45) is 0 Å². The Morgan fingerprint density at radius 3 is 2.56 bits per heavy atom. The topological polar surface area (TPSA) is 74.2 Å². The summed E-state index contributed by atoms with van der Waals surface area (Å²) in [7, 11) is 1.81. The van der Waals surface area contributed by atoms with E-state index in [2.05, 4.69) is 27.2 Å². The van der Waals surface area contributed by atoms with Gasteiger partial charge in [-0.2, -0.15) is 15.0 Å². The van der Waals surface area contributed by atoms with Crippen LogP contribution in [0.5, 0.6) is 0 Å². The van der Waals surface area contributed by atoms with Gasteiger partial charge in [-0.3, -0.25) is 0 Å². The number of nitrogens with zero attached hydrogens (tertiary/aromatic N) is 4. The molecule has 0 unspecified atom stereocenters. The summed E-state index contributed by atoms with van der Waals surface area (Å²) in [6.45, 7) is 6.60. The van der Waals surface area contributed by atoms with Gasteiger partial charge < -0.3 is 15.3 Å². The molecule has 0 aliphatic heterocycles. The molecule has 1 heterocycles. The molecule has 2 N–H and O–H groups in total. The number of hydrogen-bond acceptors (Lipinski definition) is 6. The van der Waals surface area contributed by atoms with Gasteiger partial charge in [0.25, 0.3) is 0 Å². The van der Waals surface area contributed by atoms with Crippen molar-refractivity contribution >= 4 is 23.5 Å². The smallest absolute Gasteiger partial charge is 0.231 e. The maximum atomic E-state index is 9.34. The minimum atomic E-state index is -0.466. The molecule has 0 aliphatic rings. The molecule has 1 rings (SSSR count). The quantitative estimate of drug-likeness (QED) is 0.819. The first-order chi connectivity index (χ1) is 8.40. The second-order valence-corrected chi connectivity index (χ2v) is 5.02. The van der Waals surface area contributed by atoms with E-state index in [9.17, 15) is 5.11 Å². The van der Waals surface area contributed by atoms with Crippen LogP contribution in [0.1, 0.15) is 27.2 Å². The monoisotopic (exact) mass is 273 g/mol. The van der Waals surface area contributed by atoms with Crippen molar-refractivity contribution < 1.29 is 5.11 Å². The number of aromatic nitrogens is 3. The van der Waals surface area contributed by atoms with Gasteiger partial charge in [0.1, 0.15) is 0 Å². The first-order valence-corrected chi connectivity index (χ1v) is 6.28. The Balaban J connectivity index is 2.98. The molecule has 0 fully saturated rings. The van der Waals surface area contributed by atoms with Crippen molar-refractivity contribution in [2.45, 2.75) is 32.7 Å². The molecule has 102 valence electrons. The van der Waals surface area contributed by atoms with Crippen LogP contribution in [0.3, 0.4) is 0 Å². The number of aliphatic hydroxyl groups excluding tert-OH is 1. The molecule has 7 heteroatoms. The van der Waals surface area contributed by atoms with Crippen LogP contribution in [0.25, 0.3) is 0 Å². The van der Waals surface area contributed by atoms with Gasteiger partial charge in [0.15, 0.2) is 0 Å². The van der Waals surface area contributed by atoms with Crippen LogP contribution in [0.15, 0.2) is 0 Å². The predicted octanol–water partition coefficient (Wildman–Crippen LogP) is 1.55. The summed E-state index contributed by atoms with van der Waals surface area (Å²) in [5.74, 6) is 0.889. The lowest BCUT2D eigenvalue weighted by molar-refractivity contribution is 0.215. The number of rotatable bonds is 6. The molecule has 0 radical (unpaired) electrons. The van der Waals surface area contributed by atoms with E-state index in [1.807, 2.05) is 20.9 Å². The van der Waals surface area contributed by atoms with Crippen molar-refractivity contribution in [1.29, 1.82) is 0 Å². The highest BCUT2D eigenvalue weighted by Crippen LogP contribution is 2.20. The molecule has 0 bridgehead atoms. The fourth-order valence-electron chi connectivity index (χ4n) is 1.18. The maximum Gasteiger partial charge on any atom is 0.231 e. The fourth-order valence-corrected chi connectivity index (χ4v) is 1.34. The number of anilines is 2. The molecule has 1 aromatic heterocycles. The lowest BCUT2D eigenvalue weighted by atomic mass is 10.1. The zero-order valence-electron chi connectivity index (χ0n) is 11.2. The zero-order valence-corrected chi connectivity index (χ0v) is 12.0. The highest BCUT2D eigenvalue weighted by Gasteiger charge is 2.25. The van der Waals surface area contributed by atoms with Crippen LogP contribution in [0.4, 0.5) is 11.9 Å². The SMILES string of the molecule is CCCNc1nc(Cl)nc(N(C)C(C)(C)CO)n1. The molecule has 0 spiro atoms. The second-order valence-electron chi connectivity index (χ2n) is 4.68. The third-order valence-electron chi connectivity index (χ3n) is 2.72. The van der Waals surface area contributed by atoms with E-state index in [0.717, 1.165) is 13.0 Å². The summed E-state index contributed by atoms with van der Waals surface area (Å²) in [6.07, 6.45) is 0.969. The maximum absolute atomic E-state index is 9.34. The Labute approximate surface area is 112 Å². The number of aliphatic hydroxyl groups is 1. The molecule has 18 heavy (non-hydrogen) atoms. The Morgan fingerprint density at radius 2 is 2.00 bits per heavy atom. The van der Waals surface area contributed by atoms with E-state index < -0.39 is 5.54 Å². The summed E-state index contributed by atoms with van der Waals surface area (Å²) in [5, 5.41) is 12.5. The number of halogens is 1. The molecule has 1 aromatic rings. The van der Waals surface area contributed by atoms with Crippen LogP contribution >= 0.6 is 11.6 Å². The lowest BCUT2D eigenvalue weighted by Gasteiger charge is -2.33. The highest BCUT2D eigenvalue weighted by atomic mass is 35.5. The largest absolute Gasteiger partial charge is 0.394 e. The van der Waals surface area contributed by atoms with E-state index in [1.54, 1.807) is 4.90 Å². The van der Waals surface area contributed by atoms with Gasteiger partial charge in [-0.15, -0.1) is 0 Å². The molecule has 0 saturated carbocycles. The molecule has 0 aliphatic carbocycles. The minimum Gasteiger partial charge on any atom is -0.394 e. The van der Waals surface area contributed by atoms with Crippen molar-refractivity contribution in [3.63, 3.8) is 0 Å². The van der Waals surface area contributed by atoms with Gasteiger partial charge in [0.2, 0.25) is 17.2 Å². The average molecular weight is 274 g/mol. The van der Waals surface area contributed by atoms with Gasteiger partial charge in [-0.25, -0.2) is 0 Å². The van der Waals surface area contributed by atoms with Crippen LogP contribution in [-0.2, 0) is 0 Å². The molecule has 6 nitrogen and oxygen atoms in total. The van der Waals surface area contributed by atoms with E-state index in [0.29, 0.717) is 11.9 Å². The van der Waals surface area contributed by atoms with Gasteiger partial charge in [-0.05, 0) is 31.9 Å². The highest BCUT2D eigenvalue weighted by molar-refractivity contribution is 6.28. The zero-order chi connectivity index (χ0) is 13.8.